The lowest BCUT2D eigenvalue weighted by atomic mass is 10.4. The highest BCUT2D eigenvalue weighted by atomic mass is 32.2. The van der Waals surface area contributed by atoms with Crippen molar-refractivity contribution >= 4 is 46.7 Å². The molecule has 1 rings (SSSR count). The summed E-state index contributed by atoms with van der Waals surface area (Å²) in [5.41, 5.74) is 0. The summed E-state index contributed by atoms with van der Waals surface area (Å²) in [6, 6.07) is 0. The SMILES string of the molecule is CCNC(=O)[C@@H](C)Sc1nnc(S[C@H](C)C(=O)NCC)s1. The van der Waals surface area contributed by atoms with Crippen molar-refractivity contribution in [3.8, 4) is 0 Å². The third kappa shape index (κ3) is 6.23. The van der Waals surface area contributed by atoms with E-state index in [0.717, 1.165) is 8.68 Å². The van der Waals surface area contributed by atoms with Crippen LogP contribution in [0.5, 0.6) is 0 Å². The smallest absolute Gasteiger partial charge is 0.233 e. The fourth-order valence-electron chi connectivity index (χ4n) is 1.34. The number of carbonyl (C=O) groups is 2. The first-order valence-corrected chi connectivity index (χ1v) is 9.27. The third-order valence-electron chi connectivity index (χ3n) is 2.38. The lowest BCUT2D eigenvalue weighted by Gasteiger charge is -2.08. The topological polar surface area (TPSA) is 84.0 Å². The Labute approximate surface area is 137 Å². The van der Waals surface area contributed by atoms with E-state index in [-0.39, 0.29) is 22.3 Å². The second-order valence-electron chi connectivity index (χ2n) is 4.14. The summed E-state index contributed by atoms with van der Waals surface area (Å²) < 4.78 is 1.47. The number of hydrogen-bond acceptors (Lipinski definition) is 7. The molecule has 0 spiro atoms. The highest BCUT2D eigenvalue weighted by Crippen LogP contribution is 2.33. The number of amides is 2. The van der Waals surface area contributed by atoms with Crippen molar-refractivity contribution in [1.82, 2.24) is 20.8 Å². The minimum atomic E-state index is -0.212. The van der Waals surface area contributed by atoms with Crippen LogP contribution < -0.4 is 10.6 Å². The zero-order valence-electron chi connectivity index (χ0n) is 12.5. The zero-order chi connectivity index (χ0) is 15.8. The molecule has 1 heterocycles. The fourth-order valence-corrected chi connectivity index (χ4v) is 4.69. The maximum absolute atomic E-state index is 11.7. The van der Waals surface area contributed by atoms with Gasteiger partial charge in [0.05, 0.1) is 10.5 Å². The Morgan fingerprint density at radius 1 is 1.00 bits per heavy atom. The number of aromatic nitrogens is 2. The average molecular weight is 349 g/mol. The van der Waals surface area contributed by atoms with Gasteiger partial charge in [0.1, 0.15) is 0 Å². The van der Waals surface area contributed by atoms with Crippen molar-refractivity contribution in [2.24, 2.45) is 0 Å². The molecule has 1 aromatic heterocycles. The van der Waals surface area contributed by atoms with E-state index in [1.165, 1.54) is 34.9 Å². The first kappa shape index (κ1) is 18.2. The van der Waals surface area contributed by atoms with E-state index in [2.05, 4.69) is 20.8 Å². The van der Waals surface area contributed by atoms with Gasteiger partial charge in [0.15, 0.2) is 8.68 Å². The summed E-state index contributed by atoms with van der Waals surface area (Å²) in [7, 11) is 0. The number of carbonyl (C=O) groups excluding carboxylic acids is 2. The van der Waals surface area contributed by atoms with Crippen LogP contribution >= 0.6 is 34.9 Å². The molecule has 2 atom stereocenters. The van der Waals surface area contributed by atoms with Crippen molar-refractivity contribution < 1.29 is 9.59 Å². The molecule has 2 amide bonds. The first-order valence-electron chi connectivity index (χ1n) is 6.70. The number of nitrogens with zero attached hydrogens (tertiary/aromatic N) is 2. The van der Waals surface area contributed by atoms with Crippen molar-refractivity contribution in [3.05, 3.63) is 0 Å². The highest BCUT2D eigenvalue weighted by molar-refractivity contribution is 8.04. The second-order valence-corrected chi connectivity index (χ2v) is 8.30. The Balaban J connectivity index is 2.53. The van der Waals surface area contributed by atoms with Crippen LogP contribution in [-0.4, -0.2) is 45.6 Å². The van der Waals surface area contributed by atoms with Crippen LogP contribution in [0.2, 0.25) is 0 Å². The lowest BCUT2D eigenvalue weighted by Crippen LogP contribution is -2.30. The molecule has 0 saturated heterocycles. The van der Waals surface area contributed by atoms with E-state index >= 15 is 0 Å². The van der Waals surface area contributed by atoms with Crippen molar-refractivity contribution in [1.29, 1.82) is 0 Å². The lowest BCUT2D eigenvalue weighted by molar-refractivity contribution is -0.121. The Morgan fingerprint density at radius 2 is 1.38 bits per heavy atom. The van der Waals surface area contributed by atoms with Crippen LogP contribution in [0.25, 0.3) is 0 Å². The number of nitrogens with one attached hydrogen (secondary N) is 2. The average Bonchev–Trinajstić information content (AvgIpc) is 2.86. The fraction of sp³-hybridized carbons (Fsp3) is 0.667. The minimum Gasteiger partial charge on any atom is -0.355 e. The molecule has 2 N–H and O–H groups in total. The molecule has 1 aromatic rings. The molecule has 118 valence electrons. The standard InChI is InChI=1S/C12H20N4O2S3/c1-5-13-9(17)7(3)19-11-15-16-12(21-11)20-8(4)10(18)14-6-2/h7-8H,5-6H2,1-4H3,(H,13,17)(H,14,18)/t7-,8-/m1/s1. The molecule has 0 aliphatic carbocycles. The number of hydrogen-bond donors (Lipinski definition) is 2. The summed E-state index contributed by atoms with van der Waals surface area (Å²) in [5, 5.41) is 13.2. The molecular formula is C12H20N4O2S3. The molecule has 0 aliphatic heterocycles. The van der Waals surface area contributed by atoms with E-state index in [1.807, 2.05) is 27.7 Å². The van der Waals surface area contributed by atoms with Gasteiger partial charge < -0.3 is 10.6 Å². The summed E-state index contributed by atoms with van der Waals surface area (Å²) in [4.78, 5) is 23.3. The van der Waals surface area contributed by atoms with Crippen LogP contribution in [0.15, 0.2) is 8.68 Å². The van der Waals surface area contributed by atoms with E-state index in [1.54, 1.807) is 0 Å². The largest absolute Gasteiger partial charge is 0.355 e. The molecule has 0 unspecified atom stereocenters. The Bertz CT molecular complexity index is 440. The van der Waals surface area contributed by atoms with E-state index in [9.17, 15) is 9.59 Å². The Hall–Kier alpha value is -0.800. The molecule has 0 bridgehead atoms. The minimum absolute atomic E-state index is 0.0115. The van der Waals surface area contributed by atoms with E-state index in [4.69, 9.17) is 0 Å². The van der Waals surface area contributed by atoms with Crippen molar-refractivity contribution in [3.63, 3.8) is 0 Å². The Morgan fingerprint density at radius 3 is 1.71 bits per heavy atom. The first-order chi connectivity index (χ1) is 9.97. The summed E-state index contributed by atoms with van der Waals surface area (Å²) >= 11 is 4.16. The zero-order valence-corrected chi connectivity index (χ0v) is 15.0. The molecule has 6 nitrogen and oxygen atoms in total. The van der Waals surface area contributed by atoms with Crippen LogP contribution in [0, 0.1) is 0 Å². The van der Waals surface area contributed by atoms with Gasteiger partial charge in [0.25, 0.3) is 0 Å². The van der Waals surface area contributed by atoms with Gasteiger partial charge in [0, 0.05) is 13.1 Å². The van der Waals surface area contributed by atoms with Crippen LogP contribution in [0.4, 0.5) is 0 Å². The molecular weight excluding hydrogens is 328 g/mol. The number of rotatable bonds is 8. The molecule has 0 aromatic carbocycles. The maximum atomic E-state index is 11.7. The Kier molecular flexibility index (Phi) is 8.05. The summed E-state index contributed by atoms with van der Waals surface area (Å²) in [5.74, 6) is -0.0230. The van der Waals surface area contributed by atoms with Gasteiger partial charge in [-0.3, -0.25) is 9.59 Å². The van der Waals surface area contributed by atoms with Gasteiger partial charge >= 0.3 is 0 Å². The second kappa shape index (κ2) is 9.26. The summed E-state index contributed by atoms with van der Waals surface area (Å²) in [6.07, 6.45) is 0. The van der Waals surface area contributed by atoms with Gasteiger partial charge in [-0.2, -0.15) is 0 Å². The van der Waals surface area contributed by atoms with Crippen LogP contribution in [0.3, 0.4) is 0 Å². The van der Waals surface area contributed by atoms with Crippen LogP contribution in [0.1, 0.15) is 27.7 Å². The predicted octanol–water partition coefficient (Wildman–Crippen LogP) is 1.77. The van der Waals surface area contributed by atoms with Gasteiger partial charge in [-0.25, -0.2) is 0 Å². The molecule has 0 fully saturated rings. The molecule has 0 saturated carbocycles. The van der Waals surface area contributed by atoms with Gasteiger partial charge in [-0.1, -0.05) is 34.9 Å². The van der Waals surface area contributed by atoms with Gasteiger partial charge in [0.2, 0.25) is 11.8 Å². The van der Waals surface area contributed by atoms with E-state index in [0.29, 0.717) is 13.1 Å². The van der Waals surface area contributed by atoms with Gasteiger partial charge in [-0.15, -0.1) is 10.2 Å². The number of thioether (sulfide) groups is 2. The van der Waals surface area contributed by atoms with Crippen molar-refractivity contribution in [2.45, 2.75) is 46.9 Å². The third-order valence-corrected chi connectivity index (χ3v) is 5.68. The monoisotopic (exact) mass is 348 g/mol. The molecule has 0 radical (unpaired) electrons. The quantitative estimate of drug-likeness (QED) is 0.697. The van der Waals surface area contributed by atoms with Crippen LogP contribution in [-0.2, 0) is 9.59 Å². The maximum Gasteiger partial charge on any atom is 0.233 e. The molecule has 21 heavy (non-hydrogen) atoms. The van der Waals surface area contributed by atoms with Gasteiger partial charge in [-0.05, 0) is 27.7 Å². The van der Waals surface area contributed by atoms with Crippen molar-refractivity contribution in [2.75, 3.05) is 13.1 Å². The normalized spacial score (nSPS) is 13.5. The highest BCUT2D eigenvalue weighted by Gasteiger charge is 2.19. The summed E-state index contributed by atoms with van der Waals surface area (Å²) in [6.45, 7) is 8.67. The predicted molar refractivity (Wildman–Crippen MR) is 87.9 cm³/mol. The molecule has 0 aliphatic rings. The molecule has 9 heteroatoms. The van der Waals surface area contributed by atoms with E-state index < -0.39 is 0 Å².